The molecule has 1 aromatic rings. The molecule has 0 atom stereocenters. The lowest BCUT2D eigenvalue weighted by molar-refractivity contribution is -0.146. The maximum atomic E-state index is 11.8. The third-order valence-corrected chi connectivity index (χ3v) is 4.03. The van der Waals surface area contributed by atoms with Gasteiger partial charge in [-0.25, -0.2) is 0 Å². The predicted octanol–water partition coefficient (Wildman–Crippen LogP) is 4.26. The minimum Gasteiger partial charge on any atom is -0.466 e. The van der Waals surface area contributed by atoms with E-state index in [0.29, 0.717) is 19.6 Å². The van der Waals surface area contributed by atoms with Crippen molar-refractivity contribution in [2.45, 2.75) is 67.3 Å². The van der Waals surface area contributed by atoms with Crippen LogP contribution >= 0.6 is 0 Å². The fraction of sp³-hybridized carbons (Fsp3) is 0.619. The summed E-state index contributed by atoms with van der Waals surface area (Å²) in [5.74, 6) is -0.158. The van der Waals surface area contributed by atoms with Crippen molar-refractivity contribution in [2.24, 2.45) is 10.8 Å². The van der Waals surface area contributed by atoms with Gasteiger partial charge in [-0.3, -0.25) is 9.59 Å². The van der Waals surface area contributed by atoms with Gasteiger partial charge in [0.25, 0.3) is 0 Å². The van der Waals surface area contributed by atoms with E-state index in [2.05, 4.69) is 25.2 Å². The zero-order chi connectivity index (χ0) is 19.1. The number of hydrogen-bond donors (Lipinski definition) is 1. The highest BCUT2D eigenvalue weighted by atomic mass is 16.5. The molecular formula is C21H33NO3. The van der Waals surface area contributed by atoms with Crippen molar-refractivity contribution in [1.82, 2.24) is 5.32 Å². The zero-order valence-electron chi connectivity index (χ0n) is 16.6. The van der Waals surface area contributed by atoms with E-state index in [1.165, 1.54) is 12.5 Å². The summed E-state index contributed by atoms with van der Waals surface area (Å²) >= 11 is 0. The smallest absolute Gasteiger partial charge is 0.306 e. The Morgan fingerprint density at radius 3 is 2.20 bits per heavy atom. The molecule has 0 saturated heterocycles. The van der Waals surface area contributed by atoms with E-state index in [9.17, 15) is 9.59 Å². The largest absolute Gasteiger partial charge is 0.466 e. The van der Waals surface area contributed by atoms with Crippen LogP contribution in [0.4, 0.5) is 0 Å². The topological polar surface area (TPSA) is 55.4 Å². The second kappa shape index (κ2) is 9.02. The zero-order valence-corrected chi connectivity index (χ0v) is 16.6. The van der Waals surface area contributed by atoms with Gasteiger partial charge in [0, 0.05) is 13.5 Å². The van der Waals surface area contributed by atoms with Crippen LogP contribution in [0.2, 0.25) is 0 Å². The number of nitrogens with one attached hydrogen (secondary N) is 1. The monoisotopic (exact) mass is 347 g/mol. The van der Waals surface area contributed by atoms with Gasteiger partial charge in [0.2, 0.25) is 5.91 Å². The molecule has 25 heavy (non-hydrogen) atoms. The second-order valence-electron chi connectivity index (χ2n) is 8.73. The lowest BCUT2D eigenvalue weighted by Gasteiger charge is -2.26. The van der Waals surface area contributed by atoms with Crippen LogP contribution < -0.4 is 5.32 Å². The van der Waals surface area contributed by atoms with Crippen molar-refractivity contribution >= 4 is 11.9 Å². The first-order chi connectivity index (χ1) is 11.5. The Hall–Kier alpha value is -1.84. The van der Waals surface area contributed by atoms with Gasteiger partial charge in [0.05, 0.1) is 13.0 Å². The molecule has 0 aliphatic heterocycles. The number of ether oxygens (including phenoxy) is 1. The molecular weight excluding hydrogens is 314 g/mol. The fourth-order valence-electron chi connectivity index (χ4n) is 2.65. The van der Waals surface area contributed by atoms with Crippen LogP contribution in [0.1, 0.15) is 65.5 Å². The Kier molecular flexibility index (Phi) is 7.65. The maximum absolute atomic E-state index is 11.8. The Bertz CT molecular complexity index is 585. The van der Waals surface area contributed by atoms with Gasteiger partial charge in [-0.15, -0.1) is 0 Å². The molecule has 1 aromatic carbocycles. The van der Waals surface area contributed by atoms with Gasteiger partial charge in [-0.2, -0.15) is 0 Å². The Balaban J connectivity index is 2.57. The first-order valence-electron chi connectivity index (χ1n) is 8.95. The lowest BCUT2D eigenvalue weighted by Crippen LogP contribution is -2.23. The highest BCUT2D eigenvalue weighted by Crippen LogP contribution is 2.28. The summed E-state index contributed by atoms with van der Waals surface area (Å²) < 4.78 is 5.40. The van der Waals surface area contributed by atoms with E-state index in [-0.39, 0.29) is 22.7 Å². The summed E-state index contributed by atoms with van der Waals surface area (Å²) in [4.78, 5) is 23.0. The molecule has 0 bridgehead atoms. The quantitative estimate of drug-likeness (QED) is 0.715. The molecule has 0 aliphatic carbocycles. The Morgan fingerprint density at radius 1 is 1.04 bits per heavy atom. The molecule has 1 N–H and O–H groups in total. The molecule has 140 valence electrons. The molecule has 0 aromatic heterocycles. The molecule has 0 radical (unpaired) electrons. The van der Waals surface area contributed by atoms with E-state index in [1.807, 2.05) is 39.0 Å². The standard InChI is InChI=1S/C21H33NO3/c1-16(23)22-15-18-10-8-7-9-17(18)13-21(5,6)11-12-25-19(24)14-20(2,3)4/h7-10H,11-15H2,1-6H3,(H,22,23). The molecule has 1 rings (SSSR count). The average Bonchev–Trinajstić information content (AvgIpc) is 2.43. The van der Waals surface area contributed by atoms with E-state index in [1.54, 1.807) is 0 Å². The number of benzene rings is 1. The molecule has 0 spiro atoms. The number of hydrogen-bond acceptors (Lipinski definition) is 3. The van der Waals surface area contributed by atoms with Crippen LogP contribution in [0, 0.1) is 10.8 Å². The van der Waals surface area contributed by atoms with E-state index < -0.39 is 0 Å². The van der Waals surface area contributed by atoms with Crippen LogP contribution in [0.5, 0.6) is 0 Å². The summed E-state index contributed by atoms with van der Waals surface area (Å²) in [7, 11) is 0. The summed E-state index contributed by atoms with van der Waals surface area (Å²) in [5.41, 5.74) is 2.32. The predicted molar refractivity (Wildman–Crippen MR) is 101 cm³/mol. The number of esters is 1. The Labute approximate surface area is 152 Å². The van der Waals surface area contributed by atoms with Crippen molar-refractivity contribution in [2.75, 3.05) is 6.61 Å². The SMILES string of the molecule is CC(=O)NCc1ccccc1CC(C)(C)CCOC(=O)CC(C)(C)C. The van der Waals surface area contributed by atoms with Gasteiger partial charge in [0.15, 0.2) is 0 Å². The minimum atomic E-state index is -0.130. The lowest BCUT2D eigenvalue weighted by atomic mass is 9.81. The second-order valence-corrected chi connectivity index (χ2v) is 8.73. The van der Waals surface area contributed by atoms with Gasteiger partial charge >= 0.3 is 5.97 Å². The Morgan fingerprint density at radius 2 is 1.64 bits per heavy atom. The summed E-state index contributed by atoms with van der Waals surface area (Å²) in [6.45, 7) is 13.0. The first-order valence-corrected chi connectivity index (χ1v) is 8.95. The van der Waals surface area contributed by atoms with Crippen molar-refractivity contribution in [1.29, 1.82) is 0 Å². The van der Waals surface area contributed by atoms with Crippen molar-refractivity contribution in [3.05, 3.63) is 35.4 Å². The van der Waals surface area contributed by atoms with E-state index in [4.69, 9.17) is 4.74 Å². The van der Waals surface area contributed by atoms with Gasteiger partial charge in [-0.05, 0) is 34.8 Å². The van der Waals surface area contributed by atoms with Crippen molar-refractivity contribution in [3.63, 3.8) is 0 Å². The maximum Gasteiger partial charge on any atom is 0.306 e. The number of rotatable bonds is 8. The highest BCUT2D eigenvalue weighted by molar-refractivity contribution is 5.72. The average molecular weight is 347 g/mol. The first kappa shape index (κ1) is 21.2. The summed E-state index contributed by atoms with van der Waals surface area (Å²) in [6.07, 6.45) is 2.11. The van der Waals surface area contributed by atoms with E-state index >= 15 is 0 Å². The molecule has 0 aliphatic rings. The summed E-state index contributed by atoms with van der Waals surface area (Å²) in [6, 6.07) is 8.16. The van der Waals surface area contributed by atoms with Gasteiger partial charge in [-0.1, -0.05) is 58.9 Å². The number of carbonyl (C=O) groups is 2. The van der Waals surface area contributed by atoms with Crippen LogP contribution in [0.15, 0.2) is 24.3 Å². The minimum absolute atomic E-state index is 0.00827. The van der Waals surface area contributed by atoms with Crippen LogP contribution in [0.3, 0.4) is 0 Å². The molecule has 4 nitrogen and oxygen atoms in total. The molecule has 0 fully saturated rings. The molecule has 0 saturated carbocycles. The van der Waals surface area contributed by atoms with E-state index in [0.717, 1.165) is 18.4 Å². The highest BCUT2D eigenvalue weighted by Gasteiger charge is 2.22. The third-order valence-electron chi connectivity index (χ3n) is 4.03. The van der Waals surface area contributed by atoms with Crippen LogP contribution in [-0.2, 0) is 27.3 Å². The van der Waals surface area contributed by atoms with Crippen molar-refractivity contribution in [3.8, 4) is 0 Å². The van der Waals surface area contributed by atoms with Crippen LogP contribution in [0.25, 0.3) is 0 Å². The third kappa shape index (κ3) is 9.28. The van der Waals surface area contributed by atoms with Gasteiger partial charge in [0.1, 0.15) is 0 Å². The molecule has 0 unspecified atom stereocenters. The number of carbonyl (C=O) groups excluding carboxylic acids is 2. The number of amides is 1. The molecule has 1 amide bonds. The normalized spacial score (nSPS) is 11.9. The van der Waals surface area contributed by atoms with Crippen molar-refractivity contribution < 1.29 is 14.3 Å². The fourth-order valence-corrected chi connectivity index (χ4v) is 2.65. The van der Waals surface area contributed by atoms with Gasteiger partial charge < -0.3 is 10.1 Å². The molecule has 4 heteroatoms. The van der Waals surface area contributed by atoms with Crippen LogP contribution in [-0.4, -0.2) is 18.5 Å². The molecule has 0 heterocycles. The summed E-state index contributed by atoms with van der Waals surface area (Å²) in [5, 5.41) is 2.86.